The van der Waals surface area contributed by atoms with E-state index in [4.69, 9.17) is 0 Å². The third-order valence-electron chi connectivity index (χ3n) is 5.66. The van der Waals surface area contributed by atoms with E-state index in [1.807, 2.05) is 37.5 Å². The molecule has 1 saturated heterocycles. The first-order chi connectivity index (χ1) is 12.2. The quantitative estimate of drug-likeness (QED) is 0.693. The van der Waals surface area contributed by atoms with E-state index in [2.05, 4.69) is 21.2 Å². The number of aromatic amines is 1. The number of amides is 2. The highest BCUT2D eigenvalue weighted by Crippen LogP contribution is 2.29. The van der Waals surface area contributed by atoms with Crippen LogP contribution in [0, 0.1) is 5.92 Å². The molecule has 2 aromatic rings. The average molecular weight is 341 g/mol. The number of fused-ring (bicyclic) bond motifs is 2. The molecule has 1 saturated carbocycles. The van der Waals surface area contributed by atoms with Gasteiger partial charge in [0.2, 0.25) is 0 Å². The number of hydrazine groups is 1. The molecule has 4 rings (SSSR count). The molecular formula is C19H27N5O. The Hall–Kier alpha value is -2.05. The first-order valence-corrected chi connectivity index (χ1v) is 9.31. The highest BCUT2D eigenvalue weighted by atomic mass is 16.2. The number of nitrogens with zero attached hydrogens (tertiary/aromatic N) is 1. The van der Waals surface area contributed by atoms with E-state index in [9.17, 15) is 4.79 Å². The SMILES string of the molecule is CN(CC1NNC2CCCCCC21)C(=O)Nc1ccc2[nH]ccc2c1. The van der Waals surface area contributed by atoms with Crippen molar-refractivity contribution >= 4 is 22.6 Å². The predicted octanol–water partition coefficient (Wildman–Crippen LogP) is 3.06. The summed E-state index contributed by atoms with van der Waals surface area (Å²) < 4.78 is 0. The maximum absolute atomic E-state index is 12.6. The molecule has 4 N–H and O–H groups in total. The zero-order valence-corrected chi connectivity index (χ0v) is 14.7. The number of rotatable bonds is 3. The van der Waals surface area contributed by atoms with Crippen molar-refractivity contribution in [1.29, 1.82) is 0 Å². The molecule has 1 aliphatic carbocycles. The maximum Gasteiger partial charge on any atom is 0.321 e. The fourth-order valence-electron chi connectivity index (χ4n) is 4.23. The topological polar surface area (TPSA) is 72.2 Å². The number of aromatic nitrogens is 1. The second-order valence-electron chi connectivity index (χ2n) is 7.39. The van der Waals surface area contributed by atoms with Crippen molar-refractivity contribution in [3.63, 3.8) is 0 Å². The minimum atomic E-state index is -0.0613. The number of H-pyrrole nitrogens is 1. The Kier molecular flexibility index (Phi) is 4.63. The van der Waals surface area contributed by atoms with Crippen molar-refractivity contribution in [2.45, 2.75) is 44.2 Å². The summed E-state index contributed by atoms with van der Waals surface area (Å²) in [5, 5.41) is 4.11. The van der Waals surface area contributed by atoms with E-state index >= 15 is 0 Å². The van der Waals surface area contributed by atoms with Crippen LogP contribution in [0.2, 0.25) is 0 Å². The van der Waals surface area contributed by atoms with Gasteiger partial charge >= 0.3 is 6.03 Å². The van der Waals surface area contributed by atoms with Gasteiger partial charge in [-0.05, 0) is 43.0 Å². The molecule has 2 aliphatic rings. The zero-order chi connectivity index (χ0) is 17.2. The molecule has 6 nitrogen and oxygen atoms in total. The molecule has 6 heteroatoms. The summed E-state index contributed by atoms with van der Waals surface area (Å²) in [6.07, 6.45) is 8.33. The van der Waals surface area contributed by atoms with Gasteiger partial charge in [0, 0.05) is 48.5 Å². The van der Waals surface area contributed by atoms with Crippen molar-refractivity contribution in [2.24, 2.45) is 5.92 Å². The summed E-state index contributed by atoms with van der Waals surface area (Å²) in [4.78, 5) is 17.5. The second-order valence-corrected chi connectivity index (χ2v) is 7.39. The first kappa shape index (κ1) is 16.4. The molecule has 3 unspecified atom stereocenters. The number of urea groups is 1. The summed E-state index contributed by atoms with van der Waals surface area (Å²) in [7, 11) is 1.87. The molecule has 0 spiro atoms. The van der Waals surface area contributed by atoms with E-state index in [0.29, 0.717) is 24.5 Å². The number of carbonyl (C=O) groups is 1. The highest BCUT2D eigenvalue weighted by molar-refractivity contribution is 5.92. The van der Waals surface area contributed by atoms with E-state index in [1.165, 1.54) is 32.1 Å². The van der Waals surface area contributed by atoms with E-state index < -0.39 is 0 Å². The molecule has 134 valence electrons. The summed E-state index contributed by atoms with van der Waals surface area (Å²) in [6, 6.07) is 8.74. The lowest BCUT2D eigenvalue weighted by Crippen LogP contribution is -2.44. The summed E-state index contributed by atoms with van der Waals surface area (Å²) >= 11 is 0. The van der Waals surface area contributed by atoms with Gasteiger partial charge in [-0.1, -0.05) is 19.3 Å². The van der Waals surface area contributed by atoms with Gasteiger partial charge in [-0.3, -0.25) is 10.9 Å². The number of hydrogen-bond acceptors (Lipinski definition) is 3. The number of nitrogens with one attached hydrogen (secondary N) is 4. The molecular weight excluding hydrogens is 314 g/mol. The minimum absolute atomic E-state index is 0.0613. The Morgan fingerprint density at radius 3 is 3.00 bits per heavy atom. The Bertz CT molecular complexity index is 742. The third kappa shape index (κ3) is 3.50. The number of hydrogen-bond donors (Lipinski definition) is 4. The van der Waals surface area contributed by atoms with Crippen LogP contribution in [-0.4, -0.2) is 41.6 Å². The summed E-state index contributed by atoms with van der Waals surface area (Å²) in [5.74, 6) is 0.619. The molecule has 25 heavy (non-hydrogen) atoms. The van der Waals surface area contributed by atoms with E-state index in [0.717, 1.165) is 16.6 Å². The standard InChI is InChI=1S/C19H27N5O/c1-24(12-18-15-5-3-2-4-6-17(15)22-23-18)19(25)21-14-7-8-16-13(11-14)9-10-20-16/h7-11,15,17-18,20,22-23H,2-6,12H2,1H3,(H,21,25). The monoisotopic (exact) mass is 341 g/mol. The van der Waals surface area contributed by atoms with Gasteiger partial charge in [-0.25, -0.2) is 4.79 Å². The normalized spacial score (nSPS) is 26.2. The van der Waals surface area contributed by atoms with Crippen molar-refractivity contribution in [3.8, 4) is 0 Å². The smallest absolute Gasteiger partial charge is 0.321 e. The molecule has 2 heterocycles. The molecule has 1 aliphatic heterocycles. The van der Waals surface area contributed by atoms with Gasteiger partial charge < -0.3 is 15.2 Å². The van der Waals surface area contributed by atoms with Gasteiger partial charge in [0.1, 0.15) is 0 Å². The van der Waals surface area contributed by atoms with E-state index in [1.54, 1.807) is 4.90 Å². The van der Waals surface area contributed by atoms with E-state index in [-0.39, 0.29) is 6.03 Å². The maximum atomic E-state index is 12.6. The highest BCUT2D eigenvalue weighted by Gasteiger charge is 2.37. The van der Waals surface area contributed by atoms with Crippen LogP contribution in [-0.2, 0) is 0 Å². The summed E-state index contributed by atoms with van der Waals surface area (Å²) in [6.45, 7) is 0.715. The Morgan fingerprint density at radius 1 is 1.20 bits per heavy atom. The number of carbonyl (C=O) groups excluding carboxylic acids is 1. The van der Waals surface area contributed by atoms with Crippen molar-refractivity contribution in [1.82, 2.24) is 20.7 Å². The molecule has 0 bridgehead atoms. The van der Waals surface area contributed by atoms with Crippen LogP contribution in [0.4, 0.5) is 10.5 Å². The van der Waals surface area contributed by atoms with Crippen LogP contribution in [0.25, 0.3) is 10.9 Å². The van der Waals surface area contributed by atoms with Crippen molar-refractivity contribution in [3.05, 3.63) is 30.5 Å². The molecule has 1 aromatic carbocycles. The lowest BCUT2D eigenvalue weighted by Gasteiger charge is -2.26. The van der Waals surface area contributed by atoms with Gasteiger partial charge in [-0.2, -0.15) is 0 Å². The fraction of sp³-hybridized carbons (Fsp3) is 0.526. The van der Waals surface area contributed by atoms with Crippen LogP contribution < -0.4 is 16.2 Å². The first-order valence-electron chi connectivity index (χ1n) is 9.31. The molecule has 2 fully saturated rings. The van der Waals surface area contributed by atoms with Crippen molar-refractivity contribution < 1.29 is 4.79 Å². The number of likely N-dealkylation sites (N-methyl/N-ethyl adjacent to an activating group) is 1. The zero-order valence-electron chi connectivity index (χ0n) is 14.7. The van der Waals surface area contributed by atoms with Crippen LogP contribution in [0.1, 0.15) is 32.1 Å². The second kappa shape index (κ2) is 7.06. The van der Waals surface area contributed by atoms with Gasteiger partial charge in [-0.15, -0.1) is 0 Å². The molecule has 3 atom stereocenters. The average Bonchev–Trinajstić information content (AvgIpc) is 3.15. The lowest BCUT2D eigenvalue weighted by molar-refractivity contribution is 0.212. The van der Waals surface area contributed by atoms with Gasteiger partial charge in [0.25, 0.3) is 0 Å². The lowest BCUT2D eigenvalue weighted by atomic mass is 9.90. The Morgan fingerprint density at radius 2 is 2.08 bits per heavy atom. The number of benzene rings is 1. The molecule has 1 aromatic heterocycles. The van der Waals surface area contributed by atoms with Gasteiger partial charge in [0.05, 0.1) is 0 Å². The molecule has 2 amide bonds. The van der Waals surface area contributed by atoms with Crippen molar-refractivity contribution in [2.75, 3.05) is 18.9 Å². The predicted molar refractivity (Wildman–Crippen MR) is 100 cm³/mol. The van der Waals surface area contributed by atoms with Crippen LogP contribution in [0.5, 0.6) is 0 Å². The van der Waals surface area contributed by atoms with Crippen LogP contribution >= 0.6 is 0 Å². The number of anilines is 1. The molecule has 0 radical (unpaired) electrons. The fourth-order valence-corrected chi connectivity index (χ4v) is 4.23. The largest absolute Gasteiger partial charge is 0.361 e. The van der Waals surface area contributed by atoms with Crippen LogP contribution in [0.3, 0.4) is 0 Å². The third-order valence-corrected chi connectivity index (χ3v) is 5.66. The Balaban J connectivity index is 1.37. The summed E-state index contributed by atoms with van der Waals surface area (Å²) in [5.41, 5.74) is 8.77. The van der Waals surface area contributed by atoms with Crippen LogP contribution in [0.15, 0.2) is 30.5 Å². The van der Waals surface area contributed by atoms with Gasteiger partial charge in [0.15, 0.2) is 0 Å². The Labute approximate surface area is 148 Å². The minimum Gasteiger partial charge on any atom is -0.361 e.